The van der Waals surface area contributed by atoms with E-state index < -0.39 is 17.1 Å². The van der Waals surface area contributed by atoms with Crippen LogP contribution in [0.15, 0.2) is 54.6 Å². The Kier molecular flexibility index (Phi) is 5.65. The molecule has 1 aliphatic heterocycles. The number of likely N-dealkylation sites (tertiary alicyclic amines) is 1. The number of carbonyl (C=O) groups is 2. The molecule has 1 N–H and O–H groups in total. The minimum atomic E-state index is -0.660. The fourth-order valence-electron chi connectivity index (χ4n) is 2.98. The summed E-state index contributed by atoms with van der Waals surface area (Å²) in [6, 6.07) is 14.3. The van der Waals surface area contributed by atoms with Gasteiger partial charge in [0.25, 0.3) is 5.69 Å². The predicted molar refractivity (Wildman–Crippen MR) is 98.1 cm³/mol. The summed E-state index contributed by atoms with van der Waals surface area (Å²) in [6.07, 6.45) is 0.657. The molecule has 1 atom stereocenters. The number of benzene rings is 2. The summed E-state index contributed by atoms with van der Waals surface area (Å²) in [7, 11) is 0. The van der Waals surface area contributed by atoms with Crippen molar-refractivity contribution in [3.05, 3.63) is 70.3 Å². The number of non-ortho nitro benzene ring substituents is 1. The van der Waals surface area contributed by atoms with Gasteiger partial charge in [-0.2, -0.15) is 0 Å². The molecule has 0 saturated carbocycles. The van der Waals surface area contributed by atoms with Gasteiger partial charge in [-0.3, -0.25) is 19.8 Å². The van der Waals surface area contributed by atoms with E-state index in [0.29, 0.717) is 25.1 Å². The lowest BCUT2D eigenvalue weighted by Gasteiger charge is -2.23. The van der Waals surface area contributed by atoms with E-state index in [9.17, 15) is 19.7 Å². The smallest absolute Gasteiger partial charge is 0.410 e. The molecule has 1 saturated heterocycles. The second-order valence-electron chi connectivity index (χ2n) is 6.19. The van der Waals surface area contributed by atoms with E-state index in [2.05, 4.69) is 5.32 Å². The van der Waals surface area contributed by atoms with E-state index in [4.69, 9.17) is 4.74 Å². The van der Waals surface area contributed by atoms with Crippen LogP contribution in [-0.2, 0) is 16.1 Å². The van der Waals surface area contributed by atoms with Gasteiger partial charge in [0, 0.05) is 24.4 Å². The molecule has 0 radical (unpaired) electrons. The number of nitro benzene ring substituents is 1. The lowest BCUT2D eigenvalue weighted by Crippen LogP contribution is -2.43. The van der Waals surface area contributed by atoms with E-state index in [1.165, 1.54) is 23.1 Å². The van der Waals surface area contributed by atoms with Crippen molar-refractivity contribution in [3.63, 3.8) is 0 Å². The van der Waals surface area contributed by atoms with Crippen LogP contribution in [0, 0.1) is 10.1 Å². The van der Waals surface area contributed by atoms with Crippen LogP contribution in [0.3, 0.4) is 0 Å². The van der Waals surface area contributed by atoms with E-state index in [1.54, 1.807) is 6.07 Å². The largest absolute Gasteiger partial charge is 0.445 e. The van der Waals surface area contributed by atoms with Crippen molar-refractivity contribution in [2.45, 2.75) is 25.5 Å². The highest BCUT2D eigenvalue weighted by molar-refractivity contribution is 5.97. The van der Waals surface area contributed by atoms with Crippen molar-refractivity contribution in [3.8, 4) is 0 Å². The lowest BCUT2D eigenvalue weighted by atomic mass is 10.2. The van der Waals surface area contributed by atoms with Crippen LogP contribution < -0.4 is 5.32 Å². The molecule has 1 fully saturated rings. The number of hydrogen-bond donors (Lipinski definition) is 1. The van der Waals surface area contributed by atoms with Crippen molar-refractivity contribution in [1.29, 1.82) is 0 Å². The highest BCUT2D eigenvalue weighted by Gasteiger charge is 2.35. The first-order chi connectivity index (χ1) is 13.0. The highest BCUT2D eigenvalue weighted by atomic mass is 16.6. The van der Waals surface area contributed by atoms with Gasteiger partial charge in [0.2, 0.25) is 5.91 Å². The standard InChI is InChI=1S/C19H19N3O5/c23-18(20-15-8-4-9-16(12-15)22(25)26)17-10-5-11-21(17)19(24)27-13-14-6-2-1-3-7-14/h1-4,6-9,12,17H,5,10-11,13H2,(H,20,23). The molecule has 2 aromatic rings. The normalized spacial score (nSPS) is 16.0. The summed E-state index contributed by atoms with van der Waals surface area (Å²) < 4.78 is 5.31. The summed E-state index contributed by atoms with van der Waals surface area (Å²) in [5, 5.41) is 13.5. The molecule has 3 rings (SSSR count). The second-order valence-corrected chi connectivity index (χ2v) is 6.19. The number of nitrogens with one attached hydrogen (secondary N) is 1. The van der Waals surface area contributed by atoms with Crippen LogP contribution in [0.2, 0.25) is 0 Å². The highest BCUT2D eigenvalue weighted by Crippen LogP contribution is 2.22. The van der Waals surface area contributed by atoms with Gasteiger partial charge in [-0.15, -0.1) is 0 Å². The quantitative estimate of drug-likeness (QED) is 0.643. The molecule has 2 amide bonds. The van der Waals surface area contributed by atoms with Crippen molar-refractivity contribution in [2.24, 2.45) is 0 Å². The molecule has 0 bridgehead atoms. The fourth-order valence-corrected chi connectivity index (χ4v) is 2.98. The van der Waals surface area contributed by atoms with E-state index >= 15 is 0 Å². The van der Waals surface area contributed by atoms with Crippen LogP contribution in [0.4, 0.5) is 16.2 Å². The van der Waals surface area contributed by atoms with Crippen molar-refractivity contribution >= 4 is 23.4 Å². The van der Waals surface area contributed by atoms with Crippen molar-refractivity contribution < 1.29 is 19.2 Å². The number of carbonyl (C=O) groups excluding carboxylic acids is 2. The Morgan fingerprint density at radius 3 is 2.70 bits per heavy atom. The van der Waals surface area contributed by atoms with Gasteiger partial charge in [-0.05, 0) is 24.5 Å². The summed E-state index contributed by atoms with van der Waals surface area (Å²) >= 11 is 0. The fraction of sp³-hybridized carbons (Fsp3) is 0.263. The summed E-state index contributed by atoms with van der Waals surface area (Å²) in [5.74, 6) is -0.385. The summed E-state index contributed by atoms with van der Waals surface area (Å²) in [4.78, 5) is 36.6. The number of nitrogens with zero attached hydrogens (tertiary/aromatic N) is 2. The Bertz CT molecular complexity index is 840. The van der Waals surface area contributed by atoms with Crippen molar-refractivity contribution in [1.82, 2.24) is 4.90 Å². The zero-order chi connectivity index (χ0) is 19.2. The monoisotopic (exact) mass is 369 g/mol. The molecule has 1 unspecified atom stereocenters. The third kappa shape index (κ3) is 4.60. The number of anilines is 1. The van der Waals surface area contributed by atoms with Crippen LogP contribution in [0.25, 0.3) is 0 Å². The Morgan fingerprint density at radius 1 is 1.19 bits per heavy atom. The third-order valence-corrected chi connectivity index (χ3v) is 4.32. The molecule has 140 valence electrons. The van der Waals surface area contributed by atoms with Gasteiger partial charge < -0.3 is 10.1 Å². The summed E-state index contributed by atoms with van der Waals surface area (Å²) in [5.41, 5.74) is 1.07. The van der Waals surface area contributed by atoms with Gasteiger partial charge in [-0.25, -0.2) is 4.79 Å². The molecule has 8 heteroatoms. The first-order valence-corrected chi connectivity index (χ1v) is 8.57. The van der Waals surface area contributed by atoms with E-state index in [1.807, 2.05) is 30.3 Å². The molecular weight excluding hydrogens is 350 g/mol. The van der Waals surface area contributed by atoms with Gasteiger partial charge in [0.15, 0.2) is 0 Å². The maximum absolute atomic E-state index is 12.6. The number of amides is 2. The zero-order valence-electron chi connectivity index (χ0n) is 14.5. The topological polar surface area (TPSA) is 102 Å². The Labute approximate surface area is 155 Å². The van der Waals surface area contributed by atoms with Crippen LogP contribution >= 0.6 is 0 Å². The maximum atomic E-state index is 12.6. The van der Waals surface area contributed by atoms with Gasteiger partial charge in [0.05, 0.1) is 4.92 Å². The number of ether oxygens (including phenoxy) is 1. The Balaban J connectivity index is 1.61. The minimum absolute atomic E-state index is 0.113. The average Bonchev–Trinajstić information content (AvgIpc) is 3.17. The lowest BCUT2D eigenvalue weighted by molar-refractivity contribution is -0.384. The molecule has 1 heterocycles. The molecule has 8 nitrogen and oxygen atoms in total. The van der Waals surface area contributed by atoms with E-state index in [0.717, 1.165) is 5.56 Å². The maximum Gasteiger partial charge on any atom is 0.410 e. The molecule has 0 aromatic heterocycles. The molecule has 1 aliphatic rings. The molecule has 27 heavy (non-hydrogen) atoms. The Hall–Kier alpha value is -3.42. The average molecular weight is 369 g/mol. The van der Waals surface area contributed by atoms with Crippen molar-refractivity contribution in [2.75, 3.05) is 11.9 Å². The van der Waals surface area contributed by atoms with E-state index in [-0.39, 0.29) is 18.2 Å². The number of hydrogen-bond acceptors (Lipinski definition) is 5. The molecule has 0 spiro atoms. The number of rotatable bonds is 5. The Morgan fingerprint density at radius 2 is 1.96 bits per heavy atom. The molecule has 2 aromatic carbocycles. The van der Waals surface area contributed by atoms with Crippen LogP contribution in [0.1, 0.15) is 18.4 Å². The number of nitro groups is 1. The zero-order valence-corrected chi connectivity index (χ0v) is 14.5. The molecule has 0 aliphatic carbocycles. The minimum Gasteiger partial charge on any atom is -0.445 e. The second kappa shape index (κ2) is 8.31. The SMILES string of the molecule is O=C(Nc1cccc([N+](=O)[O-])c1)C1CCCN1C(=O)OCc1ccccc1. The third-order valence-electron chi connectivity index (χ3n) is 4.32. The first-order valence-electron chi connectivity index (χ1n) is 8.57. The van der Waals surface area contributed by atoms with Gasteiger partial charge >= 0.3 is 6.09 Å². The predicted octanol–water partition coefficient (Wildman–Crippen LogP) is 3.33. The first kappa shape index (κ1) is 18.4. The van der Waals surface area contributed by atoms with Crippen LogP contribution in [0.5, 0.6) is 0 Å². The molecular formula is C19H19N3O5. The van der Waals surface area contributed by atoms with Crippen LogP contribution in [-0.4, -0.2) is 34.4 Å². The van der Waals surface area contributed by atoms with Gasteiger partial charge in [0.1, 0.15) is 12.6 Å². The van der Waals surface area contributed by atoms with Gasteiger partial charge in [-0.1, -0.05) is 36.4 Å². The summed E-state index contributed by atoms with van der Waals surface area (Å²) in [6.45, 7) is 0.566.